The van der Waals surface area contributed by atoms with Gasteiger partial charge >= 0.3 is 0 Å². The minimum absolute atomic E-state index is 0.00239. The van der Waals surface area contributed by atoms with Gasteiger partial charge in [-0.25, -0.2) is 9.97 Å². The molecule has 0 N–H and O–H groups in total. The van der Waals surface area contributed by atoms with Gasteiger partial charge in [-0.3, -0.25) is 9.36 Å². The third-order valence-electron chi connectivity index (χ3n) is 4.71. The summed E-state index contributed by atoms with van der Waals surface area (Å²) in [5.74, 6) is 0.758. The van der Waals surface area contributed by atoms with Crippen molar-refractivity contribution in [2.24, 2.45) is 0 Å². The zero-order chi connectivity index (χ0) is 19.6. The molecular weight excluding hydrogens is 398 g/mol. The quantitative estimate of drug-likeness (QED) is 0.287. The number of aromatic nitrogens is 3. The fourth-order valence-electron chi connectivity index (χ4n) is 3.28. The third kappa shape index (κ3) is 3.57. The second kappa shape index (κ2) is 7.81. The number of pyridine rings is 1. The summed E-state index contributed by atoms with van der Waals surface area (Å²) in [6.07, 6.45) is 1.76. The van der Waals surface area contributed by atoms with Crippen molar-refractivity contribution < 1.29 is 0 Å². The first kappa shape index (κ1) is 18.1. The molecule has 0 fully saturated rings. The normalized spacial score (nSPS) is 11.3. The zero-order valence-corrected chi connectivity index (χ0v) is 17.1. The van der Waals surface area contributed by atoms with Gasteiger partial charge < -0.3 is 0 Å². The molecule has 2 aromatic carbocycles. The summed E-state index contributed by atoms with van der Waals surface area (Å²) in [6, 6.07) is 24.2. The molecule has 0 aliphatic rings. The van der Waals surface area contributed by atoms with Crippen LogP contribution < -0.4 is 5.56 Å². The van der Waals surface area contributed by atoms with Gasteiger partial charge in [-0.15, -0.1) is 11.3 Å². The molecule has 0 aliphatic heterocycles. The van der Waals surface area contributed by atoms with Crippen molar-refractivity contribution in [1.29, 1.82) is 0 Å². The number of fused-ring (bicyclic) bond motifs is 3. The molecule has 0 bridgehead atoms. The van der Waals surface area contributed by atoms with Crippen LogP contribution in [0.3, 0.4) is 0 Å². The fourth-order valence-corrected chi connectivity index (χ4v) is 5.26. The molecule has 0 saturated heterocycles. The largest absolute Gasteiger partial charge is 0.282 e. The van der Waals surface area contributed by atoms with Gasteiger partial charge in [-0.1, -0.05) is 72.4 Å². The Morgan fingerprint density at radius 2 is 1.62 bits per heavy atom. The molecule has 0 atom stereocenters. The first-order valence-electron chi connectivity index (χ1n) is 9.28. The minimum Gasteiger partial charge on any atom is -0.282 e. The maximum absolute atomic E-state index is 13.4. The lowest BCUT2D eigenvalue weighted by Crippen LogP contribution is -2.23. The van der Waals surface area contributed by atoms with Crippen molar-refractivity contribution in [2.45, 2.75) is 17.5 Å². The molecule has 5 rings (SSSR count). The molecule has 0 spiro atoms. The molecular formula is C23H17N3OS2. The Labute approximate surface area is 175 Å². The number of nitrogens with zero attached hydrogens (tertiary/aromatic N) is 3. The second-order valence-electron chi connectivity index (χ2n) is 6.68. The number of hydrogen-bond donors (Lipinski definition) is 0. The van der Waals surface area contributed by atoms with Gasteiger partial charge in [0.05, 0.1) is 12.1 Å². The molecule has 3 heterocycles. The summed E-state index contributed by atoms with van der Waals surface area (Å²) in [5, 5.41) is 1.68. The zero-order valence-electron chi connectivity index (χ0n) is 15.5. The van der Waals surface area contributed by atoms with Crippen molar-refractivity contribution in [3.05, 3.63) is 100 Å². The summed E-state index contributed by atoms with van der Waals surface area (Å²) in [4.78, 5) is 23.6. The van der Waals surface area contributed by atoms with Crippen LogP contribution in [0.25, 0.3) is 20.4 Å². The first-order valence-corrected chi connectivity index (χ1v) is 11.1. The van der Waals surface area contributed by atoms with Gasteiger partial charge in [0.25, 0.3) is 5.56 Å². The van der Waals surface area contributed by atoms with Crippen LogP contribution in [0.1, 0.15) is 11.1 Å². The summed E-state index contributed by atoms with van der Waals surface area (Å²) in [5.41, 5.74) is 3.03. The molecule has 0 unspecified atom stereocenters. The number of thioether (sulfide) groups is 1. The van der Waals surface area contributed by atoms with Gasteiger partial charge in [0.2, 0.25) is 0 Å². The van der Waals surface area contributed by atoms with Gasteiger partial charge in [0.15, 0.2) is 5.16 Å². The van der Waals surface area contributed by atoms with E-state index >= 15 is 0 Å². The molecule has 0 saturated carbocycles. The predicted molar refractivity (Wildman–Crippen MR) is 121 cm³/mol. The van der Waals surface area contributed by atoms with Crippen LogP contribution in [0.5, 0.6) is 0 Å². The molecule has 0 radical (unpaired) electrons. The van der Waals surface area contributed by atoms with E-state index in [-0.39, 0.29) is 5.56 Å². The molecule has 0 aliphatic carbocycles. The van der Waals surface area contributed by atoms with E-state index < -0.39 is 0 Å². The van der Waals surface area contributed by atoms with Crippen LogP contribution in [0, 0.1) is 0 Å². The molecule has 4 nitrogen and oxygen atoms in total. The van der Waals surface area contributed by atoms with Crippen molar-refractivity contribution in [1.82, 2.24) is 14.5 Å². The van der Waals surface area contributed by atoms with E-state index in [4.69, 9.17) is 4.98 Å². The SMILES string of the molecule is O=c1c2sc3ncccc3c2nc(SCc2ccccc2)n1Cc1ccccc1. The average Bonchev–Trinajstić information content (AvgIpc) is 3.15. The van der Waals surface area contributed by atoms with E-state index in [1.54, 1.807) is 22.5 Å². The summed E-state index contributed by atoms with van der Waals surface area (Å²) in [6.45, 7) is 0.501. The highest BCUT2D eigenvalue weighted by molar-refractivity contribution is 7.98. The number of rotatable bonds is 5. The standard InChI is InChI=1S/C23H17N3OS2/c27-22-20-19(18-12-7-13-24-21(18)29-20)25-23(28-15-17-10-5-2-6-11-17)26(22)14-16-8-3-1-4-9-16/h1-13H,14-15H2. The minimum atomic E-state index is -0.00239. The molecule has 29 heavy (non-hydrogen) atoms. The van der Waals surface area contributed by atoms with Crippen LogP contribution in [0.15, 0.2) is 88.9 Å². The average molecular weight is 416 g/mol. The second-order valence-corrected chi connectivity index (χ2v) is 8.62. The lowest BCUT2D eigenvalue weighted by atomic mass is 10.2. The maximum atomic E-state index is 13.4. The van der Waals surface area contributed by atoms with E-state index in [2.05, 4.69) is 17.1 Å². The number of benzene rings is 2. The van der Waals surface area contributed by atoms with Gasteiger partial charge in [0.1, 0.15) is 9.53 Å². The molecule has 0 amide bonds. The predicted octanol–water partition coefficient (Wildman–Crippen LogP) is 5.35. The van der Waals surface area contributed by atoms with Crippen molar-refractivity contribution in [3.63, 3.8) is 0 Å². The fraction of sp³-hybridized carbons (Fsp3) is 0.0870. The number of thiophene rings is 1. The van der Waals surface area contributed by atoms with Gasteiger partial charge in [-0.2, -0.15) is 0 Å². The van der Waals surface area contributed by atoms with E-state index in [1.165, 1.54) is 16.9 Å². The summed E-state index contributed by atoms with van der Waals surface area (Å²) < 4.78 is 2.46. The van der Waals surface area contributed by atoms with Crippen LogP contribution in [0.2, 0.25) is 0 Å². The molecule has 6 heteroatoms. The Morgan fingerprint density at radius 1 is 0.897 bits per heavy atom. The van der Waals surface area contributed by atoms with Gasteiger partial charge in [-0.05, 0) is 23.3 Å². The van der Waals surface area contributed by atoms with Crippen LogP contribution >= 0.6 is 23.1 Å². The van der Waals surface area contributed by atoms with Crippen LogP contribution in [0.4, 0.5) is 0 Å². The molecule has 5 aromatic rings. The van der Waals surface area contributed by atoms with Crippen LogP contribution in [-0.2, 0) is 12.3 Å². The Bertz CT molecular complexity index is 1340. The van der Waals surface area contributed by atoms with Gasteiger partial charge in [0, 0.05) is 17.3 Å². The smallest absolute Gasteiger partial charge is 0.272 e. The Morgan fingerprint density at radius 3 is 2.38 bits per heavy atom. The Balaban J connectivity index is 1.65. The van der Waals surface area contributed by atoms with Crippen molar-refractivity contribution in [2.75, 3.05) is 0 Å². The van der Waals surface area contributed by atoms with E-state index in [0.717, 1.165) is 32.2 Å². The Kier molecular flexibility index (Phi) is 4.87. The maximum Gasteiger partial charge on any atom is 0.272 e. The van der Waals surface area contributed by atoms with E-state index in [9.17, 15) is 4.79 Å². The first-order chi connectivity index (χ1) is 14.3. The molecule has 142 valence electrons. The summed E-state index contributed by atoms with van der Waals surface area (Å²) >= 11 is 3.02. The highest BCUT2D eigenvalue weighted by Crippen LogP contribution is 2.31. The summed E-state index contributed by atoms with van der Waals surface area (Å²) in [7, 11) is 0. The molecule has 3 aromatic heterocycles. The van der Waals surface area contributed by atoms with Crippen molar-refractivity contribution in [3.8, 4) is 0 Å². The highest BCUT2D eigenvalue weighted by Gasteiger charge is 2.17. The van der Waals surface area contributed by atoms with Crippen LogP contribution in [-0.4, -0.2) is 14.5 Å². The lowest BCUT2D eigenvalue weighted by molar-refractivity contribution is 0.659. The number of hydrogen-bond acceptors (Lipinski definition) is 5. The monoisotopic (exact) mass is 415 g/mol. The topological polar surface area (TPSA) is 47.8 Å². The van der Waals surface area contributed by atoms with E-state index in [1.807, 2.05) is 60.7 Å². The lowest BCUT2D eigenvalue weighted by Gasteiger charge is -2.12. The van der Waals surface area contributed by atoms with E-state index in [0.29, 0.717) is 11.2 Å². The highest BCUT2D eigenvalue weighted by atomic mass is 32.2. The third-order valence-corrected chi connectivity index (χ3v) is 6.85. The van der Waals surface area contributed by atoms with Crippen molar-refractivity contribution >= 4 is 43.5 Å². The Hall–Kier alpha value is -2.96.